The van der Waals surface area contributed by atoms with Gasteiger partial charge in [0.15, 0.2) is 0 Å². The lowest BCUT2D eigenvalue weighted by atomic mass is 10.0. The molecule has 154 valence electrons. The van der Waals surface area contributed by atoms with Crippen LogP contribution >= 0.6 is 11.3 Å². The Hall–Kier alpha value is -3.07. The Bertz CT molecular complexity index is 968. The Labute approximate surface area is 172 Å². The van der Waals surface area contributed by atoms with Crippen molar-refractivity contribution in [3.63, 3.8) is 0 Å². The molecule has 9 heteroatoms. The second-order valence-corrected chi connectivity index (χ2v) is 7.52. The molecule has 0 aliphatic carbocycles. The highest BCUT2D eigenvalue weighted by molar-refractivity contribution is 7.17. The highest BCUT2D eigenvalue weighted by atomic mass is 32.1. The van der Waals surface area contributed by atoms with Gasteiger partial charge in [-0.15, -0.1) is 11.3 Å². The summed E-state index contributed by atoms with van der Waals surface area (Å²) in [7, 11) is 4.28. The van der Waals surface area contributed by atoms with Crippen LogP contribution in [0.1, 0.15) is 38.1 Å². The minimum Gasteiger partial charge on any atom is -0.497 e. The summed E-state index contributed by atoms with van der Waals surface area (Å²) in [5.74, 6) is -0.103. The molecule has 0 bridgehead atoms. The summed E-state index contributed by atoms with van der Waals surface area (Å²) in [5.41, 5.74) is 1.43. The van der Waals surface area contributed by atoms with Gasteiger partial charge in [0.1, 0.15) is 16.5 Å². The maximum absolute atomic E-state index is 13.0. The highest BCUT2D eigenvalue weighted by Gasteiger charge is 2.30. The molecule has 0 fully saturated rings. The van der Waals surface area contributed by atoms with Gasteiger partial charge < -0.3 is 24.4 Å². The smallest absolute Gasteiger partial charge is 0.341 e. The molecule has 0 atom stereocenters. The number of carbonyl (C=O) groups excluding carboxylic acids is 3. The summed E-state index contributed by atoms with van der Waals surface area (Å²) in [5, 5.41) is 3.20. The monoisotopic (exact) mass is 418 g/mol. The highest BCUT2D eigenvalue weighted by Crippen LogP contribution is 2.38. The Balaban J connectivity index is 1.98. The maximum Gasteiger partial charge on any atom is 0.341 e. The number of fused-ring (bicyclic) bond motifs is 1. The third-order valence-corrected chi connectivity index (χ3v) is 5.90. The van der Waals surface area contributed by atoms with Crippen molar-refractivity contribution in [2.75, 3.05) is 33.2 Å². The van der Waals surface area contributed by atoms with Crippen LogP contribution in [0.5, 0.6) is 11.5 Å². The minimum absolute atomic E-state index is 0.0321. The Morgan fingerprint density at radius 3 is 2.52 bits per heavy atom. The molecule has 0 saturated carbocycles. The van der Waals surface area contributed by atoms with Gasteiger partial charge in [0.25, 0.3) is 5.91 Å². The Morgan fingerprint density at radius 1 is 1.14 bits per heavy atom. The molecule has 1 aromatic heterocycles. The number of methoxy groups -OCH3 is 3. The molecular weight excluding hydrogens is 396 g/mol. The zero-order valence-corrected chi connectivity index (χ0v) is 17.5. The molecule has 3 rings (SSSR count). The standard InChI is InChI=1S/C20H22N2O6S/c1-11(23)22-8-7-13-16(10-22)29-19(17(13)20(25)28-4)21-18(24)14-9-12(26-2)5-6-15(14)27-3/h5-6,9H,7-8,10H2,1-4H3,(H,21,24). The summed E-state index contributed by atoms with van der Waals surface area (Å²) >= 11 is 1.27. The molecule has 1 N–H and O–H groups in total. The number of anilines is 1. The van der Waals surface area contributed by atoms with E-state index >= 15 is 0 Å². The molecule has 2 aromatic rings. The quantitative estimate of drug-likeness (QED) is 0.751. The van der Waals surface area contributed by atoms with E-state index in [-0.39, 0.29) is 11.5 Å². The average Bonchev–Trinajstić information content (AvgIpc) is 3.09. The van der Waals surface area contributed by atoms with Crippen LogP contribution in [-0.4, -0.2) is 50.6 Å². The number of hydrogen-bond acceptors (Lipinski definition) is 7. The van der Waals surface area contributed by atoms with E-state index in [2.05, 4.69) is 5.32 Å². The molecule has 2 heterocycles. The molecule has 1 aliphatic rings. The fourth-order valence-corrected chi connectivity index (χ4v) is 4.49. The van der Waals surface area contributed by atoms with E-state index < -0.39 is 11.9 Å². The lowest BCUT2D eigenvalue weighted by molar-refractivity contribution is -0.129. The van der Waals surface area contributed by atoms with E-state index in [1.807, 2.05) is 0 Å². The van der Waals surface area contributed by atoms with Crippen molar-refractivity contribution < 1.29 is 28.6 Å². The topological polar surface area (TPSA) is 94.2 Å². The molecule has 0 radical (unpaired) electrons. The number of nitrogens with one attached hydrogen (secondary N) is 1. The molecular formula is C20H22N2O6S. The lowest BCUT2D eigenvalue weighted by Gasteiger charge is -2.25. The molecule has 8 nitrogen and oxygen atoms in total. The van der Waals surface area contributed by atoms with Crippen molar-refractivity contribution >= 4 is 34.1 Å². The van der Waals surface area contributed by atoms with Crippen LogP contribution in [0.2, 0.25) is 0 Å². The van der Waals surface area contributed by atoms with Gasteiger partial charge in [-0.05, 0) is 30.2 Å². The molecule has 0 spiro atoms. The summed E-state index contributed by atoms with van der Waals surface area (Å²) in [4.78, 5) is 39.7. The minimum atomic E-state index is -0.522. The van der Waals surface area contributed by atoms with Crippen LogP contribution in [0.3, 0.4) is 0 Å². The maximum atomic E-state index is 13.0. The van der Waals surface area contributed by atoms with Gasteiger partial charge in [-0.1, -0.05) is 0 Å². The SMILES string of the molecule is COC(=O)c1c(NC(=O)c2cc(OC)ccc2OC)sc2c1CCN(C(C)=O)C2. The van der Waals surface area contributed by atoms with Crippen molar-refractivity contribution in [2.45, 2.75) is 19.9 Å². The Morgan fingerprint density at radius 2 is 1.90 bits per heavy atom. The van der Waals surface area contributed by atoms with Gasteiger partial charge in [0, 0.05) is 18.3 Å². The number of amides is 2. The van der Waals surface area contributed by atoms with E-state index in [1.54, 1.807) is 23.1 Å². The lowest BCUT2D eigenvalue weighted by Crippen LogP contribution is -2.33. The molecule has 2 amide bonds. The summed E-state index contributed by atoms with van der Waals surface area (Å²) in [6.45, 7) is 2.43. The van der Waals surface area contributed by atoms with E-state index in [4.69, 9.17) is 14.2 Å². The molecule has 1 aliphatic heterocycles. The number of ether oxygens (including phenoxy) is 3. The third kappa shape index (κ3) is 4.04. The molecule has 1 aromatic carbocycles. The van der Waals surface area contributed by atoms with Gasteiger partial charge in [-0.3, -0.25) is 9.59 Å². The number of carbonyl (C=O) groups is 3. The summed E-state index contributed by atoms with van der Waals surface area (Å²) < 4.78 is 15.4. The van der Waals surface area contributed by atoms with Crippen molar-refractivity contribution in [3.8, 4) is 11.5 Å². The largest absolute Gasteiger partial charge is 0.497 e. The number of benzene rings is 1. The van der Waals surface area contributed by atoms with Gasteiger partial charge >= 0.3 is 5.97 Å². The number of rotatable bonds is 5. The van der Waals surface area contributed by atoms with Crippen LogP contribution in [0.25, 0.3) is 0 Å². The van der Waals surface area contributed by atoms with Crippen molar-refractivity contribution in [2.24, 2.45) is 0 Å². The fourth-order valence-electron chi connectivity index (χ4n) is 3.24. The normalized spacial score (nSPS) is 12.8. The van der Waals surface area contributed by atoms with Crippen LogP contribution in [0, 0.1) is 0 Å². The summed E-state index contributed by atoms with van der Waals surface area (Å²) in [6, 6.07) is 4.89. The fraction of sp³-hybridized carbons (Fsp3) is 0.350. The summed E-state index contributed by atoms with van der Waals surface area (Å²) in [6.07, 6.45) is 0.522. The number of thiophene rings is 1. The van der Waals surface area contributed by atoms with Crippen molar-refractivity contribution in [3.05, 3.63) is 39.8 Å². The van der Waals surface area contributed by atoms with Crippen LogP contribution in [0.4, 0.5) is 5.00 Å². The van der Waals surface area contributed by atoms with Gasteiger partial charge in [0.2, 0.25) is 5.91 Å². The van der Waals surface area contributed by atoms with Crippen molar-refractivity contribution in [1.29, 1.82) is 0 Å². The average molecular weight is 418 g/mol. The number of hydrogen-bond donors (Lipinski definition) is 1. The van der Waals surface area contributed by atoms with E-state index in [0.29, 0.717) is 41.6 Å². The Kier molecular flexibility index (Phi) is 6.07. The van der Waals surface area contributed by atoms with E-state index in [1.165, 1.54) is 39.6 Å². The van der Waals surface area contributed by atoms with E-state index in [0.717, 1.165) is 10.4 Å². The number of nitrogens with zero attached hydrogens (tertiary/aromatic N) is 1. The number of esters is 1. The third-order valence-electron chi connectivity index (χ3n) is 4.77. The van der Waals surface area contributed by atoms with Gasteiger partial charge in [-0.25, -0.2) is 4.79 Å². The molecule has 0 saturated heterocycles. The van der Waals surface area contributed by atoms with Crippen molar-refractivity contribution in [1.82, 2.24) is 4.90 Å². The zero-order chi connectivity index (χ0) is 21.1. The molecule has 0 unspecified atom stereocenters. The first-order valence-electron chi connectivity index (χ1n) is 8.91. The second-order valence-electron chi connectivity index (χ2n) is 6.41. The van der Waals surface area contributed by atoms with Crippen LogP contribution in [0.15, 0.2) is 18.2 Å². The predicted octanol–water partition coefficient (Wildman–Crippen LogP) is 2.71. The second kappa shape index (κ2) is 8.52. The van der Waals surface area contributed by atoms with Crippen LogP contribution < -0.4 is 14.8 Å². The van der Waals surface area contributed by atoms with Gasteiger partial charge in [0.05, 0.1) is 39.0 Å². The molecule has 29 heavy (non-hydrogen) atoms. The predicted molar refractivity (Wildman–Crippen MR) is 108 cm³/mol. The van der Waals surface area contributed by atoms with E-state index in [9.17, 15) is 14.4 Å². The van der Waals surface area contributed by atoms with Gasteiger partial charge in [-0.2, -0.15) is 0 Å². The first-order chi connectivity index (χ1) is 13.9. The zero-order valence-electron chi connectivity index (χ0n) is 16.7. The first kappa shape index (κ1) is 20.7. The van der Waals surface area contributed by atoms with Crippen LogP contribution in [-0.2, 0) is 22.5 Å². The first-order valence-corrected chi connectivity index (χ1v) is 9.73.